The van der Waals surface area contributed by atoms with Crippen molar-refractivity contribution in [1.29, 1.82) is 0 Å². The van der Waals surface area contributed by atoms with Crippen LogP contribution >= 0.6 is 0 Å². The average molecular weight is 212 g/mol. The summed E-state index contributed by atoms with van der Waals surface area (Å²) in [4.78, 5) is 8.73. The first-order valence-electron chi connectivity index (χ1n) is 5.14. The third kappa shape index (κ3) is 1.16. The van der Waals surface area contributed by atoms with Crippen molar-refractivity contribution in [2.45, 2.75) is 6.92 Å². The Morgan fingerprint density at radius 2 is 2.00 bits per heavy atom. The minimum Gasteiger partial charge on any atom is -0.369 e. The number of hydrogen-bond acceptors (Lipinski definition) is 3. The highest BCUT2D eigenvalue weighted by Crippen LogP contribution is 2.21. The molecule has 2 heterocycles. The van der Waals surface area contributed by atoms with Crippen molar-refractivity contribution in [2.75, 3.05) is 5.73 Å². The number of nitrogen functional groups attached to an aromatic ring is 1. The minimum absolute atomic E-state index is 0.495. The Labute approximate surface area is 92.7 Å². The molecule has 0 aliphatic carbocycles. The first kappa shape index (κ1) is 9.15. The molecule has 16 heavy (non-hydrogen) atoms. The Kier molecular flexibility index (Phi) is 1.68. The summed E-state index contributed by atoms with van der Waals surface area (Å²) in [6.45, 7) is 2.05. The van der Waals surface area contributed by atoms with Gasteiger partial charge in [-0.15, -0.1) is 0 Å². The number of nitrogens with two attached hydrogens (primary N) is 1. The zero-order chi connectivity index (χ0) is 11.3. The van der Waals surface area contributed by atoms with E-state index in [-0.39, 0.29) is 0 Å². The summed E-state index contributed by atoms with van der Waals surface area (Å²) in [5.41, 5.74) is 9.59. The summed E-state index contributed by atoms with van der Waals surface area (Å²) in [5.74, 6) is 0.495. The van der Waals surface area contributed by atoms with E-state index in [0.29, 0.717) is 11.6 Å². The smallest absolute Gasteiger partial charge is 0.202 e. The number of imidazole rings is 1. The van der Waals surface area contributed by atoms with Crippen LogP contribution in [-0.4, -0.2) is 14.5 Å². The fraction of sp³-hybridized carbons (Fsp3) is 0.167. The van der Waals surface area contributed by atoms with Crippen molar-refractivity contribution in [3.8, 4) is 0 Å². The molecule has 0 bridgehead atoms. The molecule has 0 amide bonds. The molecular formula is C12H12N4. The molecule has 3 rings (SSSR count). The van der Waals surface area contributed by atoms with Gasteiger partial charge in [-0.25, -0.2) is 4.98 Å². The van der Waals surface area contributed by atoms with Crippen LogP contribution in [0.3, 0.4) is 0 Å². The predicted molar refractivity (Wildman–Crippen MR) is 65.2 cm³/mol. The molecule has 2 aromatic heterocycles. The summed E-state index contributed by atoms with van der Waals surface area (Å²) in [5, 5.41) is 1.11. The van der Waals surface area contributed by atoms with Gasteiger partial charge >= 0.3 is 0 Å². The fourth-order valence-corrected chi connectivity index (χ4v) is 1.89. The summed E-state index contributed by atoms with van der Waals surface area (Å²) in [6, 6.07) is 8.27. The summed E-state index contributed by atoms with van der Waals surface area (Å²) < 4.78 is 1.85. The molecule has 3 aromatic rings. The van der Waals surface area contributed by atoms with E-state index in [1.165, 1.54) is 5.56 Å². The Bertz CT molecular complexity index is 697. The topological polar surface area (TPSA) is 56.7 Å². The van der Waals surface area contributed by atoms with Crippen LogP contribution in [0.15, 0.2) is 24.3 Å². The van der Waals surface area contributed by atoms with Crippen LogP contribution in [0.1, 0.15) is 5.56 Å². The minimum atomic E-state index is 0.495. The van der Waals surface area contributed by atoms with Crippen molar-refractivity contribution in [3.63, 3.8) is 0 Å². The fourth-order valence-electron chi connectivity index (χ4n) is 1.89. The molecule has 0 radical (unpaired) electrons. The van der Waals surface area contributed by atoms with Gasteiger partial charge in [0.05, 0.1) is 11.0 Å². The molecule has 0 saturated carbocycles. The zero-order valence-electron chi connectivity index (χ0n) is 9.23. The van der Waals surface area contributed by atoms with Gasteiger partial charge in [0, 0.05) is 12.4 Å². The lowest BCUT2D eigenvalue weighted by atomic mass is 10.1. The van der Waals surface area contributed by atoms with Gasteiger partial charge < -0.3 is 10.3 Å². The largest absolute Gasteiger partial charge is 0.369 e. The molecular weight excluding hydrogens is 200 g/mol. The SMILES string of the molecule is Cc1ccc2cc3c(nc(N)n3C)nc2c1. The van der Waals surface area contributed by atoms with Crippen LogP contribution in [-0.2, 0) is 7.05 Å². The molecule has 0 spiro atoms. The van der Waals surface area contributed by atoms with Gasteiger partial charge in [-0.05, 0) is 24.6 Å². The Morgan fingerprint density at radius 1 is 1.19 bits per heavy atom. The van der Waals surface area contributed by atoms with Gasteiger partial charge in [-0.2, -0.15) is 4.98 Å². The number of rotatable bonds is 0. The maximum absolute atomic E-state index is 5.76. The maximum atomic E-state index is 5.76. The van der Waals surface area contributed by atoms with E-state index >= 15 is 0 Å². The number of anilines is 1. The molecule has 0 atom stereocenters. The van der Waals surface area contributed by atoms with Crippen LogP contribution in [0.25, 0.3) is 22.1 Å². The molecule has 2 N–H and O–H groups in total. The van der Waals surface area contributed by atoms with Gasteiger partial charge in [-0.1, -0.05) is 12.1 Å². The van der Waals surface area contributed by atoms with E-state index in [2.05, 4.69) is 41.2 Å². The monoisotopic (exact) mass is 212 g/mol. The molecule has 0 fully saturated rings. The predicted octanol–water partition coefficient (Wildman–Crippen LogP) is 2.01. The van der Waals surface area contributed by atoms with Crippen molar-refractivity contribution in [2.24, 2.45) is 7.05 Å². The van der Waals surface area contributed by atoms with Crippen molar-refractivity contribution in [1.82, 2.24) is 14.5 Å². The Balaban J connectivity index is 2.48. The average Bonchev–Trinajstić information content (AvgIpc) is 2.52. The van der Waals surface area contributed by atoms with E-state index in [1.807, 2.05) is 11.6 Å². The van der Waals surface area contributed by atoms with Gasteiger partial charge in [0.2, 0.25) is 5.95 Å². The van der Waals surface area contributed by atoms with Gasteiger partial charge in [0.15, 0.2) is 5.65 Å². The van der Waals surface area contributed by atoms with E-state index in [9.17, 15) is 0 Å². The first-order chi connectivity index (χ1) is 7.65. The molecule has 0 aliphatic heterocycles. The third-order valence-corrected chi connectivity index (χ3v) is 2.86. The van der Waals surface area contributed by atoms with Gasteiger partial charge in [0.1, 0.15) is 0 Å². The van der Waals surface area contributed by atoms with Gasteiger partial charge in [0.25, 0.3) is 0 Å². The quantitative estimate of drug-likeness (QED) is 0.620. The third-order valence-electron chi connectivity index (χ3n) is 2.86. The number of fused-ring (bicyclic) bond motifs is 2. The zero-order valence-corrected chi connectivity index (χ0v) is 9.23. The number of pyridine rings is 1. The lowest BCUT2D eigenvalue weighted by molar-refractivity contribution is 0.966. The molecule has 0 aliphatic rings. The standard InChI is InChI=1S/C12H12N4/c1-7-3-4-8-6-10-11(14-9(8)5-7)15-12(13)16(10)2/h3-6H,1-2H3,(H2,13,14,15). The van der Waals surface area contributed by atoms with Crippen LogP contribution < -0.4 is 5.73 Å². The van der Waals surface area contributed by atoms with Crippen LogP contribution in [0.2, 0.25) is 0 Å². The highest BCUT2D eigenvalue weighted by Gasteiger charge is 2.07. The summed E-state index contributed by atoms with van der Waals surface area (Å²) >= 11 is 0. The number of benzene rings is 1. The van der Waals surface area contributed by atoms with Crippen LogP contribution in [0.4, 0.5) is 5.95 Å². The summed E-state index contributed by atoms with van der Waals surface area (Å²) in [7, 11) is 1.90. The second kappa shape index (κ2) is 2.95. The first-order valence-corrected chi connectivity index (χ1v) is 5.14. The van der Waals surface area contributed by atoms with Crippen LogP contribution in [0.5, 0.6) is 0 Å². The Morgan fingerprint density at radius 3 is 2.81 bits per heavy atom. The molecule has 4 heteroatoms. The number of nitrogens with zero attached hydrogens (tertiary/aromatic N) is 3. The van der Waals surface area contributed by atoms with Crippen molar-refractivity contribution >= 4 is 28.0 Å². The van der Waals surface area contributed by atoms with E-state index in [4.69, 9.17) is 5.73 Å². The highest BCUT2D eigenvalue weighted by atomic mass is 15.2. The second-order valence-electron chi connectivity index (χ2n) is 4.06. The highest BCUT2D eigenvalue weighted by molar-refractivity contribution is 5.90. The maximum Gasteiger partial charge on any atom is 0.202 e. The molecule has 4 nitrogen and oxygen atoms in total. The molecule has 80 valence electrons. The Hall–Kier alpha value is -2.10. The number of aromatic nitrogens is 3. The van der Waals surface area contributed by atoms with Crippen molar-refractivity contribution < 1.29 is 0 Å². The van der Waals surface area contributed by atoms with E-state index in [1.54, 1.807) is 0 Å². The second-order valence-corrected chi connectivity index (χ2v) is 4.06. The number of hydrogen-bond donors (Lipinski definition) is 1. The van der Waals surface area contributed by atoms with E-state index in [0.717, 1.165) is 16.4 Å². The number of aryl methyl sites for hydroxylation is 2. The lowest BCUT2D eigenvalue weighted by Crippen LogP contribution is -1.95. The molecule has 1 aromatic carbocycles. The summed E-state index contributed by atoms with van der Waals surface area (Å²) in [6.07, 6.45) is 0. The lowest BCUT2D eigenvalue weighted by Gasteiger charge is -2.00. The normalized spacial score (nSPS) is 11.4. The molecule has 0 unspecified atom stereocenters. The molecule has 0 saturated heterocycles. The van der Waals surface area contributed by atoms with Crippen molar-refractivity contribution in [3.05, 3.63) is 29.8 Å². The van der Waals surface area contributed by atoms with Gasteiger partial charge in [-0.3, -0.25) is 0 Å². The van der Waals surface area contributed by atoms with Crippen LogP contribution in [0, 0.1) is 6.92 Å². The van der Waals surface area contributed by atoms with E-state index < -0.39 is 0 Å².